The van der Waals surface area contributed by atoms with Crippen LogP contribution < -0.4 is 10.6 Å². The smallest absolute Gasteiger partial charge is 0.315 e. The summed E-state index contributed by atoms with van der Waals surface area (Å²) in [5, 5.41) is 24.6. The summed E-state index contributed by atoms with van der Waals surface area (Å²) in [6.45, 7) is 2.18. The van der Waals surface area contributed by atoms with Gasteiger partial charge in [0.15, 0.2) is 0 Å². The molecule has 0 radical (unpaired) electrons. The van der Waals surface area contributed by atoms with Gasteiger partial charge in [-0.2, -0.15) is 0 Å². The number of benzene rings is 1. The second-order valence-corrected chi connectivity index (χ2v) is 5.75. The van der Waals surface area contributed by atoms with E-state index in [1.165, 1.54) is 0 Å². The summed E-state index contributed by atoms with van der Waals surface area (Å²) >= 11 is 0. The van der Waals surface area contributed by atoms with E-state index < -0.39 is 6.10 Å². The van der Waals surface area contributed by atoms with E-state index in [1.54, 1.807) is 6.92 Å². The van der Waals surface area contributed by atoms with E-state index >= 15 is 0 Å². The molecule has 1 atom stereocenters. The van der Waals surface area contributed by atoms with Crippen LogP contribution in [-0.2, 0) is 6.54 Å². The third kappa shape index (κ3) is 5.02. The Kier molecular flexibility index (Phi) is 5.59. The highest BCUT2D eigenvalue weighted by molar-refractivity contribution is 5.74. The fourth-order valence-electron chi connectivity index (χ4n) is 2.55. The number of nitrogens with one attached hydrogen (secondary N) is 2. The summed E-state index contributed by atoms with van der Waals surface area (Å²) in [7, 11) is 0. The van der Waals surface area contributed by atoms with Crippen molar-refractivity contribution in [3.63, 3.8) is 0 Å². The predicted molar refractivity (Wildman–Crippen MR) is 80.7 cm³/mol. The second kappa shape index (κ2) is 7.43. The lowest BCUT2D eigenvalue weighted by Crippen LogP contribution is -2.43. The number of hydrogen-bond donors (Lipinski definition) is 4. The molecule has 1 aliphatic carbocycles. The number of amides is 2. The highest BCUT2D eigenvalue weighted by atomic mass is 16.3. The molecular formula is C16H24N2O3. The van der Waals surface area contributed by atoms with Crippen molar-refractivity contribution in [2.75, 3.05) is 0 Å². The van der Waals surface area contributed by atoms with E-state index in [-0.39, 0.29) is 18.2 Å². The minimum atomic E-state index is -0.475. The molecule has 1 aromatic carbocycles. The van der Waals surface area contributed by atoms with Crippen molar-refractivity contribution < 1.29 is 15.0 Å². The molecule has 1 saturated carbocycles. The average Bonchev–Trinajstić information content (AvgIpc) is 2.48. The quantitative estimate of drug-likeness (QED) is 0.683. The van der Waals surface area contributed by atoms with Crippen molar-refractivity contribution >= 4 is 6.03 Å². The molecule has 0 bridgehead atoms. The van der Waals surface area contributed by atoms with E-state index in [0.29, 0.717) is 6.54 Å². The van der Waals surface area contributed by atoms with Gasteiger partial charge in [0.1, 0.15) is 0 Å². The normalized spacial score (nSPS) is 23.4. The van der Waals surface area contributed by atoms with Crippen molar-refractivity contribution in [2.45, 2.75) is 57.4 Å². The highest BCUT2D eigenvalue weighted by Gasteiger charge is 2.20. The zero-order valence-corrected chi connectivity index (χ0v) is 12.4. The number of rotatable bonds is 4. The van der Waals surface area contributed by atoms with Gasteiger partial charge in [0.25, 0.3) is 0 Å². The summed E-state index contributed by atoms with van der Waals surface area (Å²) in [6, 6.07) is 7.52. The predicted octanol–water partition coefficient (Wildman–Crippen LogP) is 1.84. The second-order valence-electron chi connectivity index (χ2n) is 5.75. The molecule has 0 saturated heterocycles. The summed E-state index contributed by atoms with van der Waals surface area (Å²) < 4.78 is 0. The van der Waals surface area contributed by atoms with Crippen LogP contribution in [0.25, 0.3) is 0 Å². The molecule has 1 fully saturated rings. The van der Waals surface area contributed by atoms with Gasteiger partial charge in [0, 0.05) is 12.6 Å². The minimum absolute atomic E-state index is 0.158. The lowest BCUT2D eigenvalue weighted by molar-refractivity contribution is 0.117. The van der Waals surface area contributed by atoms with Gasteiger partial charge in [-0.3, -0.25) is 0 Å². The van der Waals surface area contributed by atoms with Crippen LogP contribution >= 0.6 is 0 Å². The van der Waals surface area contributed by atoms with Gasteiger partial charge in [-0.05, 0) is 43.7 Å². The van der Waals surface area contributed by atoms with E-state index in [2.05, 4.69) is 10.6 Å². The standard InChI is InChI=1S/C16H24N2O3/c1-11(19)13-4-2-12(3-5-13)10-17-16(21)18-14-6-8-15(20)9-7-14/h2-5,11,14-15,19-20H,6-10H2,1H3,(H2,17,18,21)/t11-,14?,15?/m0/s1. The lowest BCUT2D eigenvalue weighted by atomic mass is 9.93. The molecule has 1 aromatic rings. The van der Waals surface area contributed by atoms with Gasteiger partial charge >= 0.3 is 6.03 Å². The van der Waals surface area contributed by atoms with Crippen LogP contribution in [0.5, 0.6) is 0 Å². The molecule has 0 aliphatic heterocycles. The van der Waals surface area contributed by atoms with Gasteiger partial charge in [-0.15, -0.1) is 0 Å². The van der Waals surface area contributed by atoms with Crippen molar-refractivity contribution in [3.05, 3.63) is 35.4 Å². The summed E-state index contributed by atoms with van der Waals surface area (Å²) in [5.41, 5.74) is 1.86. The van der Waals surface area contributed by atoms with Gasteiger partial charge in [0.05, 0.1) is 12.2 Å². The summed E-state index contributed by atoms with van der Waals surface area (Å²) in [6.07, 6.45) is 2.49. The number of urea groups is 1. The number of aliphatic hydroxyl groups excluding tert-OH is 2. The molecule has 4 N–H and O–H groups in total. The van der Waals surface area contributed by atoms with Crippen LogP contribution in [0.2, 0.25) is 0 Å². The maximum absolute atomic E-state index is 11.8. The largest absolute Gasteiger partial charge is 0.393 e. The number of carbonyl (C=O) groups is 1. The van der Waals surface area contributed by atoms with Crippen LogP contribution in [0.3, 0.4) is 0 Å². The van der Waals surface area contributed by atoms with E-state index in [1.807, 2.05) is 24.3 Å². The first-order valence-electron chi connectivity index (χ1n) is 7.54. The van der Waals surface area contributed by atoms with E-state index in [0.717, 1.165) is 36.8 Å². The molecular weight excluding hydrogens is 268 g/mol. The van der Waals surface area contributed by atoms with E-state index in [9.17, 15) is 15.0 Å². The lowest BCUT2D eigenvalue weighted by Gasteiger charge is -2.26. The van der Waals surface area contributed by atoms with Crippen LogP contribution in [0, 0.1) is 0 Å². The Morgan fingerprint density at radius 2 is 1.86 bits per heavy atom. The third-order valence-corrected chi connectivity index (χ3v) is 3.95. The van der Waals surface area contributed by atoms with Gasteiger partial charge in [-0.1, -0.05) is 24.3 Å². The van der Waals surface area contributed by atoms with Crippen LogP contribution in [0.4, 0.5) is 4.79 Å². The van der Waals surface area contributed by atoms with Crippen molar-refractivity contribution in [2.24, 2.45) is 0 Å². The molecule has 0 heterocycles. The Hall–Kier alpha value is -1.59. The molecule has 5 heteroatoms. The van der Waals surface area contributed by atoms with Gasteiger partial charge < -0.3 is 20.8 Å². The van der Waals surface area contributed by atoms with Crippen LogP contribution in [0.1, 0.15) is 49.8 Å². The van der Waals surface area contributed by atoms with Crippen LogP contribution in [0.15, 0.2) is 24.3 Å². The Morgan fingerprint density at radius 1 is 1.24 bits per heavy atom. The first-order chi connectivity index (χ1) is 10.0. The van der Waals surface area contributed by atoms with E-state index in [4.69, 9.17) is 0 Å². The molecule has 1 aliphatic rings. The molecule has 0 unspecified atom stereocenters. The highest BCUT2D eigenvalue weighted by Crippen LogP contribution is 2.18. The summed E-state index contributed by atoms with van der Waals surface area (Å²) in [5.74, 6) is 0. The number of carbonyl (C=O) groups excluding carboxylic acids is 1. The molecule has 2 amide bonds. The molecule has 5 nitrogen and oxygen atoms in total. The van der Waals surface area contributed by atoms with Crippen molar-refractivity contribution in [3.8, 4) is 0 Å². The molecule has 21 heavy (non-hydrogen) atoms. The van der Waals surface area contributed by atoms with Gasteiger partial charge in [-0.25, -0.2) is 4.79 Å². The maximum atomic E-state index is 11.8. The average molecular weight is 292 g/mol. The van der Waals surface area contributed by atoms with Gasteiger partial charge in [0.2, 0.25) is 0 Å². The molecule has 2 rings (SSSR count). The van der Waals surface area contributed by atoms with Crippen molar-refractivity contribution in [1.82, 2.24) is 10.6 Å². The molecule has 0 aromatic heterocycles. The maximum Gasteiger partial charge on any atom is 0.315 e. The first kappa shape index (κ1) is 15.8. The first-order valence-corrected chi connectivity index (χ1v) is 7.54. The molecule has 0 spiro atoms. The Labute approximate surface area is 125 Å². The van der Waals surface area contributed by atoms with Crippen LogP contribution in [-0.4, -0.2) is 28.4 Å². The fraction of sp³-hybridized carbons (Fsp3) is 0.562. The Balaban J connectivity index is 1.73. The summed E-state index contributed by atoms with van der Waals surface area (Å²) in [4.78, 5) is 11.8. The number of hydrogen-bond acceptors (Lipinski definition) is 3. The zero-order valence-electron chi connectivity index (χ0n) is 12.4. The minimum Gasteiger partial charge on any atom is -0.393 e. The number of aliphatic hydroxyl groups is 2. The Bertz CT molecular complexity index is 451. The van der Waals surface area contributed by atoms with Crippen molar-refractivity contribution in [1.29, 1.82) is 0 Å². The SMILES string of the molecule is C[C@H](O)c1ccc(CNC(=O)NC2CCC(O)CC2)cc1. The molecule has 116 valence electrons. The Morgan fingerprint density at radius 3 is 2.43 bits per heavy atom. The fourth-order valence-corrected chi connectivity index (χ4v) is 2.55. The topological polar surface area (TPSA) is 81.6 Å². The third-order valence-electron chi connectivity index (χ3n) is 3.95. The zero-order chi connectivity index (χ0) is 15.2. The monoisotopic (exact) mass is 292 g/mol.